The van der Waals surface area contributed by atoms with Crippen molar-refractivity contribution in [1.29, 1.82) is 0 Å². The molecule has 0 bridgehead atoms. The maximum Gasteiger partial charge on any atom is 0.251 e. The molecule has 2 aliphatic rings. The van der Waals surface area contributed by atoms with Gasteiger partial charge in [0.15, 0.2) is 16.8 Å². The number of hydrogen-bond acceptors (Lipinski definition) is 6. The fraction of sp³-hybridized carbons (Fsp3) is 0.667. The lowest BCUT2D eigenvalue weighted by molar-refractivity contribution is -0.200. The van der Waals surface area contributed by atoms with Crippen molar-refractivity contribution in [2.75, 3.05) is 6.61 Å². The molecule has 110 valence electrons. The molecule has 0 aromatic carbocycles. The highest BCUT2D eigenvalue weighted by atomic mass is 32.1. The summed E-state index contributed by atoms with van der Waals surface area (Å²) in [4.78, 5) is 13.8. The lowest BCUT2D eigenvalue weighted by atomic mass is 10.1. The van der Waals surface area contributed by atoms with Crippen molar-refractivity contribution < 1.29 is 19.3 Å². The first-order valence-corrected chi connectivity index (χ1v) is 6.75. The summed E-state index contributed by atoms with van der Waals surface area (Å²) in [5.74, 6) is -0.741. The molecule has 2 fully saturated rings. The molecule has 1 aromatic rings. The van der Waals surface area contributed by atoms with Crippen LogP contribution in [0.3, 0.4) is 0 Å². The number of aromatic nitrogens is 2. The topological polar surface area (TPSA) is 85.7 Å². The van der Waals surface area contributed by atoms with Crippen molar-refractivity contribution in [2.45, 2.75) is 44.2 Å². The summed E-state index contributed by atoms with van der Waals surface area (Å²) in [5, 5.41) is 9.41. The van der Waals surface area contributed by atoms with Crippen molar-refractivity contribution in [3.8, 4) is 0 Å². The Morgan fingerprint density at radius 2 is 2.15 bits per heavy atom. The molecule has 2 aliphatic heterocycles. The van der Waals surface area contributed by atoms with Gasteiger partial charge >= 0.3 is 0 Å². The molecule has 0 amide bonds. The summed E-state index contributed by atoms with van der Waals surface area (Å²) in [6.45, 7) is 3.44. The predicted octanol–water partition coefficient (Wildman–Crippen LogP) is 0.316. The zero-order chi connectivity index (χ0) is 14.5. The summed E-state index contributed by atoms with van der Waals surface area (Å²) in [6, 6.07) is 1.36. The van der Waals surface area contributed by atoms with Gasteiger partial charge in [0, 0.05) is 12.3 Å². The third kappa shape index (κ3) is 2.23. The van der Waals surface area contributed by atoms with Crippen molar-refractivity contribution in [3.63, 3.8) is 0 Å². The number of ether oxygens (including phenoxy) is 3. The van der Waals surface area contributed by atoms with Crippen LogP contribution in [0.2, 0.25) is 0 Å². The van der Waals surface area contributed by atoms with E-state index in [2.05, 4.69) is 4.98 Å². The largest absolute Gasteiger partial charge is 0.394 e. The highest BCUT2D eigenvalue weighted by molar-refractivity contribution is 7.71. The van der Waals surface area contributed by atoms with Gasteiger partial charge in [0.1, 0.15) is 18.3 Å². The van der Waals surface area contributed by atoms with Gasteiger partial charge in [-0.15, -0.1) is 0 Å². The van der Waals surface area contributed by atoms with E-state index in [0.29, 0.717) is 0 Å². The number of hydrogen-bond donors (Lipinski definition) is 2. The maximum absolute atomic E-state index is 11.2. The quantitative estimate of drug-likeness (QED) is 0.765. The van der Waals surface area contributed by atoms with E-state index in [0.717, 1.165) is 0 Å². The summed E-state index contributed by atoms with van der Waals surface area (Å²) >= 11 is 5.14. The van der Waals surface area contributed by atoms with Crippen LogP contribution in [-0.2, 0) is 14.2 Å². The van der Waals surface area contributed by atoms with E-state index in [-0.39, 0.29) is 29.1 Å². The van der Waals surface area contributed by atoms with E-state index in [1.54, 1.807) is 10.8 Å². The molecule has 20 heavy (non-hydrogen) atoms. The van der Waals surface area contributed by atoms with Gasteiger partial charge in [0.2, 0.25) is 0 Å². The lowest BCUT2D eigenvalue weighted by Gasteiger charge is -2.24. The molecule has 3 heterocycles. The summed E-state index contributed by atoms with van der Waals surface area (Å²) in [5.41, 5.74) is -0.275. The monoisotopic (exact) mass is 300 g/mol. The van der Waals surface area contributed by atoms with Crippen LogP contribution in [0.1, 0.15) is 20.1 Å². The highest BCUT2D eigenvalue weighted by Gasteiger charge is 2.55. The third-order valence-electron chi connectivity index (χ3n) is 3.43. The molecule has 7 nitrogen and oxygen atoms in total. The standard InChI is InChI=1S/C12H16N2O5S/c1-12(2)18-8-6(5-15)17-10(9(8)19-12)14-4-3-7(16)13-11(14)20/h3-4,6,8-10,15H,5H2,1-2H3,(H,13,16,20). The number of rotatable bonds is 2. The zero-order valence-corrected chi connectivity index (χ0v) is 11.9. The highest BCUT2D eigenvalue weighted by Crippen LogP contribution is 2.42. The second-order valence-corrected chi connectivity index (χ2v) is 5.72. The Hall–Kier alpha value is -1.06. The molecule has 3 rings (SSSR count). The van der Waals surface area contributed by atoms with E-state index >= 15 is 0 Å². The van der Waals surface area contributed by atoms with Crippen LogP contribution >= 0.6 is 12.2 Å². The van der Waals surface area contributed by atoms with Gasteiger partial charge in [0.25, 0.3) is 5.56 Å². The van der Waals surface area contributed by atoms with Crippen molar-refractivity contribution in [1.82, 2.24) is 9.55 Å². The van der Waals surface area contributed by atoms with Crippen LogP contribution in [0.25, 0.3) is 0 Å². The first kappa shape index (κ1) is 13.9. The van der Waals surface area contributed by atoms with Gasteiger partial charge in [-0.05, 0) is 26.1 Å². The molecule has 0 saturated carbocycles. The van der Waals surface area contributed by atoms with Crippen LogP contribution in [0.4, 0.5) is 0 Å². The number of aliphatic hydroxyl groups is 1. The Kier molecular flexibility index (Phi) is 3.30. The molecule has 0 aliphatic carbocycles. The van der Waals surface area contributed by atoms with Gasteiger partial charge < -0.3 is 19.3 Å². The Morgan fingerprint density at radius 3 is 2.80 bits per heavy atom. The molecule has 8 heteroatoms. The predicted molar refractivity (Wildman–Crippen MR) is 70.7 cm³/mol. The fourth-order valence-corrected chi connectivity index (χ4v) is 2.92. The lowest BCUT2D eigenvalue weighted by Crippen LogP contribution is -2.31. The van der Waals surface area contributed by atoms with Crippen molar-refractivity contribution in [3.05, 3.63) is 27.4 Å². The van der Waals surface area contributed by atoms with Crippen LogP contribution in [-0.4, -0.2) is 45.4 Å². The summed E-state index contributed by atoms with van der Waals surface area (Å²) < 4.78 is 19.2. The van der Waals surface area contributed by atoms with Crippen molar-refractivity contribution >= 4 is 12.2 Å². The van der Waals surface area contributed by atoms with E-state index in [1.807, 2.05) is 13.8 Å². The molecule has 1 aromatic heterocycles. The van der Waals surface area contributed by atoms with E-state index in [1.165, 1.54) is 6.07 Å². The van der Waals surface area contributed by atoms with E-state index < -0.39 is 18.1 Å². The second-order valence-electron chi connectivity index (χ2n) is 5.33. The minimum absolute atomic E-state index is 0.173. The number of aliphatic hydroxyl groups excluding tert-OH is 1. The van der Waals surface area contributed by atoms with Crippen LogP contribution < -0.4 is 5.56 Å². The second kappa shape index (κ2) is 4.74. The third-order valence-corrected chi connectivity index (χ3v) is 3.74. The SMILES string of the molecule is CC1(C)OC2C(CO)OC(n3ccc(=O)[nH]c3=S)C2O1. The molecule has 4 unspecified atom stereocenters. The Morgan fingerprint density at radius 1 is 1.45 bits per heavy atom. The Balaban J connectivity index is 1.98. The molecular weight excluding hydrogens is 284 g/mol. The van der Waals surface area contributed by atoms with Crippen molar-refractivity contribution in [2.24, 2.45) is 0 Å². The van der Waals surface area contributed by atoms with Crippen LogP contribution in [0.5, 0.6) is 0 Å². The first-order chi connectivity index (χ1) is 9.41. The normalized spacial score (nSPS) is 35.1. The molecular formula is C12H16N2O5S. The molecule has 0 spiro atoms. The van der Waals surface area contributed by atoms with Gasteiger partial charge in [-0.2, -0.15) is 0 Å². The smallest absolute Gasteiger partial charge is 0.251 e. The molecule has 2 saturated heterocycles. The Labute approximate surface area is 120 Å². The number of aromatic amines is 1. The maximum atomic E-state index is 11.2. The van der Waals surface area contributed by atoms with E-state index in [9.17, 15) is 9.90 Å². The van der Waals surface area contributed by atoms with Gasteiger partial charge in [-0.1, -0.05) is 0 Å². The van der Waals surface area contributed by atoms with Gasteiger partial charge in [0.05, 0.1) is 6.61 Å². The Bertz CT molecular complexity index is 625. The first-order valence-electron chi connectivity index (χ1n) is 6.35. The fourth-order valence-electron chi connectivity index (χ4n) is 2.66. The van der Waals surface area contributed by atoms with Crippen LogP contribution in [0.15, 0.2) is 17.1 Å². The van der Waals surface area contributed by atoms with E-state index in [4.69, 9.17) is 26.4 Å². The number of H-pyrrole nitrogens is 1. The molecule has 0 radical (unpaired) electrons. The zero-order valence-electron chi connectivity index (χ0n) is 11.1. The number of nitrogens with zero attached hydrogens (tertiary/aromatic N) is 1. The summed E-state index contributed by atoms with van der Waals surface area (Å²) in [6.07, 6.45) is -0.227. The van der Waals surface area contributed by atoms with Gasteiger partial charge in [-0.3, -0.25) is 14.3 Å². The minimum Gasteiger partial charge on any atom is -0.394 e. The molecule has 2 N–H and O–H groups in total. The summed E-state index contributed by atoms with van der Waals surface area (Å²) in [7, 11) is 0. The average Bonchev–Trinajstić information content (AvgIpc) is 2.83. The average molecular weight is 300 g/mol. The number of fused-ring (bicyclic) bond motifs is 1. The minimum atomic E-state index is -0.741. The number of nitrogens with one attached hydrogen (secondary N) is 1. The molecule has 4 atom stereocenters. The van der Waals surface area contributed by atoms with Crippen LogP contribution in [0, 0.1) is 4.77 Å². The van der Waals surface area contributed by atoms with Gasteiger partial charge in [-0.25, -0.2) is 0 Å².